The Balaban J connectivity index is 0.000000175. The van der Waals surface area contributed by atoms with Crippen LogP contribution in [0, 0.1) is 24.5 Å². The van der Waals surface area contributed by atoms with Crippen molar-refractivity contribution in [1.29, 1.82) is 5.26 Å². The fourth-order valence-electron chi connectivity index (χ4n) is 4.48. The lowest BCUT2D eigenvalue weighted by Crippen LogP contribution is -2.38. The van der Waals surface area contributed by atoms with Crippen LogP contribution in [0.2, 0.25) is 0 Å². The average molecular weight is 711 g/mol. The maximum Gasteiger partial charge on any atom is 0.335 e. The lowest BCUT2D eigenvalue weighted by molar-refractivity contribution is 0.714. The number of rotatable bonds is 5. The Morgan fingerprint density at radius 1 is 0.773 bits per heavy atom. The molecule has 44 heavy (non-hydrogen) atoms. The topological polar surface area (TPSA) is 138 Å². The lowest BCUT2D eigenvalue weighted by Gasteiger charge is -2.09. The van der Waals surface area contributed by atoms with Gasteiger partial charge in [-0.05, 0) is 85.1 Å². The number of benzene rings is 2. The minimum absolute atomic E-state index is 0.321. The van der Waals surface area contributed by atoms with E-state index in [1.165, 1.54) is 48.9 Å². The van der Waals surface area contributed by atoms with Crippen LogP contribution in [0.25, 0.3) is 31.5 Å². The number of nitrogens with zero attached hydrogens (tertiary/aromatic N) is 7. The number of hydrogen-bond acceptors (Lipinski definition) is 10. The molecule has 0 amide bonds. The van der Waals surface area contributed by atoms with Crippen molar-refractivity contribution < 1.29 is 0 Å². The van der Waals surface area contributed by atoms with Crippen LogP contribution in [0.1, 0.15) is 22.8 Å². The van der Waals surface area contributed by atoms with Crippen LogP contribution in [-0.2, 0) is 25.2 Å². The predicted molar refractivity (Wildman–Crippen MR) is 180 cm³/mol. The first kappa shape index (κ1) is 31.3. The maximum atomic E-state index is 12.4. The second-order valence-electron chi connectivity index (χ2n) is 9.73. The predicted octanol–water partition coefficient (Wildman–Crippen LogP) is 4.52. The minimum Gasteiger partial charge on any atom is -0.301 e. The normalized spacial score (nSPS) is 11.0. The summed E-state index contributed by atoms with van der Waals surface area (Å²) in [6.07, 6.45) is 0. The number of thiocyanates is 1. The van der Waals surface area contributed by atoms with E-state index in [4.69, 9.17) is 5.26 Å². The highest BCUT2D eigenvalue weighted by Crippen LogP contribution is 2.28. The zero-order valence-corrected chi connectivity index (χ0v) is 27.9. The van der Waals surface area contributed by atoms with Gasteiger partial charge in [0, 0.05) is 53.7 Å². The molecule has 0 aliphatic carbocycles. The number of thioether (sulfide) groups is 1. The second kappa shape index (κ2) is 12.9. The number of aryl methyl sites for hydroxylation is 2. The van der Waals surface area contributed by atoms with Gasteiger partial charge in [-0.1, -0.05) is 15.9 Å². The summed E-state index contributed by atoms with van der Waals surface area (Å²) in [4.78, 5) is 49.2. The van der Waals surface area contributed by atoms with Crippen molar-refractivity contribution >= 4 is 70.9 Å². The van der Waals surface area contributed by atoms with E-state index >= 15 is 0 Å². The van der Waals surface area contributed by atoms with E-state index in [1.807, 2.05) is 23.6 Å². The van der Waals surface area contributed by atoms with Crippen LogP contribution in [0.15, 0.2) is 67.7 Å². The van der Waals surface area contributed by atoms with Crippen LogP contribution in [-0.4, -0.2) is 27.0 Å². The molecular formula is C29H24BrN7O4S3. The molecule has 6 aromatic rings. The van der Waals surface area contributed by atoms with E-state index in [0.29, 0.717) is 33.8 Å². The van der Waals surface area contributed by atoms with E-state index in [9.17, 15) is 19.2 Å². The molecule has 4 aromatic heterocycles. The summed E-state index contributed by atoms with van der Waals surface area (Å²) in [5.74, 6) is 0.473. The van der Waals surface area contributed by atoms with Gasteiger partial charge < -0.3 is 9.13 Å². The SMILES string of the molecule is Cc1cc(=O)n(-c2ccc3snc(CBr)c3c2)c(=O)n1C.Cc1cc(=O)n(-c2ccc3snc(CSC#N)c3c2)c(=O)n1C. The number of aromatic nitrogens is 6. The van der Waals surface area contributed by atoms with Crippen LogP contribution >= 0.6 is 50.8 Å². The molecule has 0 fully saturated rings. The zero-order valence-electron chi connectivity index (χ0n) is 23.9. The van der Waals surface area contributed by atoms with Crippen LogP contribution in [0.4, 0.5) is 0 Å². The van der Waals surface area contributed by atoms with E-state index in [2.05, 4.69) is 24.7 Å². The number of hydrogen-bond donors (Lipinski definition) is 0. The molecule has 0 spiro atoms. The summed E-state index contributed by atoms with van der Waals surface area (Å²) in [6, 6.07) is 13.8. The van der Waals surface area contributed by atoms with Gasteiger partial charge in [0.25, 0.3) is 11.1 Å². The largest absolute Gasteiger partial charge is 0.335 e. The Bertz CT molecular complexity index is 2340. The molecule has 224 valence electrons. The quantitative estimate of drug-likeness (QED) is 0.188. The van der Waals surface area contributed by atoms with Gasteiger partial charge in [-0.3, -0.25) is 9.59 Å². The average Bonchev–Trinajstić information content (AvgIpc) is 3.61. The molecule has 4 heterocycles. The van der Waals surface area contributed by atoms with Crippen molar-refractivity contribution in [3.05, 3.63) is 113 Å². The highest BCUT2D eigenvalue weighted by Gasteiger charge is 2.13. The number of alkyl halides is 1. The highest BCUT2D eigenvalue weighted by molar-refractivity contribution is 9.08. The third kappa shape index (κ3) is 5.85. The van der Waals surface area contributed by atoms with Gasteiger partial charge in [0.05, 0.1) is 37.9 Å². The summed E-state index contributed by atoms with van der Waals surface area (Å²) in [5, 5.41) is 13.2. The van der Waals surface area contributed by atoms with E-state index in [0.717, 1.165) is 47.9 Å². The summed E-state index contributed by atoms with van der Waals surface area (Å²) in [7, 11) is 3.29. The first-order valence-electron chi connectivity index (χ1n) is 13.0. The lowest BCUT2D eigenvalue weighted by atomic mass is 10.2. The molecule has 0 bridgehead atoms. The fourth-order valence-corrected chi connectivity index (χ4v) is 7.13. The van der Waals surface area contributed by atoms with Crippen LogP contribution < -0.4 is 22.5 Å². The molecule has 11 nitrogen and oxygen atoms in total. The Hall–Kier alpha value is -4.10. The van der Waals surface area contributed by atoms with E-state index in [-0.39, 0.29) is 22.5 Å². The summed E-state index contributed by atoms with van der Waals surface area (Å²) >= 11 is 7.25. The molecule has 0 atom stereocenters. The van der Waals surface area contributed by atoms with E-state index in [1.54, 1.807) is 46.1 Å². The summed E-state index contributed by atoms with van der Waals surface area (Å²) in [6.45, 7) is 3.46. The molecule has 15 heteroatoms. The zero-order chi connectivity index (χ0) is 31.7. The minimum atomic E-state index is -0.384. The van der Waals surface area contributed by atoms with E-state index < -0.39 is 0 Å². The molecule has 2 aromatic carbocycles. The summed E-state index contributed by atoms with van der Waals surface area (Å²) < 4.78 is 15.9. The first-order valence-corrected chi connectivity index (χ1v) is 16.6. The second-order valence-corrected chi connectivity index (χ2v) is 12.7. The van der Waals surface area contributed by atoms with Crippen molar-refractivity contribution in [3.8, 4) is 16.8 Å². The van der Waals surface area contributed by atoms with Crippen LogP contribution in [0.5, 0.6) is 0 Å². The van der Waals surface area contributed by atoms with Crippen molar-refractivity contribution in [2.24, 2.45) is 14.1 Å². The standard InChI is InChI=1S/C15H12N4O2S2.C14H12BrN3O2S/c1-9-5-14(20)19(15(21)18(9)2)10-3-4-13-11(6-10)12(17-23-13)7-22-8-16;1-8-5-13(19)18(14(20)17(8)2)9-3-4-12-10(6-9)11(7-15)16-21-12/h3-6H,7H2,1-2H3;3-6H,7H2,1-2H3. The molecule has 0 unspecified atom stereocenters. The van der Waals surface area contributed by atoms with Crippen molar-refractivity contribution in [2.75, 3.05) is 0 Å². The molecule has 0 saturated carbocycles. The number of fused-ring (bicyclic) bond motifs is 2. The smallest absolute Gasteiger partial charge is 0.301 e. The first-order chi connectivity index (χ1) is 21.0. The monoisotopic (exact) mass is 709 g/mol. The summed E-state index contributed by atoms with van der Waals surface area (Å²) in [5.41, 5.74) is 2.61. The number of halogens is 1. The van der Waals surface area contributed by atoms with Gasteiger partial charge in [0.2, 0.25) is 0 Å². The van der Waals surface area contributed by atoms with Gasteiger partial charge >= 0.3 is 11.4 Å². The Morgan fingerprint density at radius 2 is 1.23 bits per heavy atom. The maximum absolute atomic E-state index is 12.4. The number of nitriles is 1. The van der Waals surface area contributed by atoms with Gasteiger partial charge in [-0.2, -0.15) is 14.0 Å². The molecular weight excluding hydrogens is 686 g/mol. The van der Waals surface area contributed by atoms with Gasteiger partial charge in [0.15, 0.2) is 0 Å². The van der Waals surface area contributed by atoms with Crippen molar-refractivity contribution in [2.45, 2.75) is 24.9 Å². The third-order valence-electron chi connectivity index (χ3n) is 7.09. The van der Waals surface area contributed by atoms with Gasteiger partial charge in [0.1, 0.15) is 5.40 Å². The Kier molecular flexibility index (Phi) is 9.16. The third-order valence-corrected chi connectivity index (χ3v) is 9.90. The molecule has 0 aliphatic heterocycles. The Labute approximate surface area is 270 Å². The van der Waals surface area contributed by atoms with Crippen molar-refractivity contribution in [1.82, 2.24) is 27.0 Å². The molecule has 0 N–H and O–H groups in total. The molecule has 6 rings (SSSR count). The molecule has 0 saturated heterocycles. The highest BCUT2D eigenvalue weighted by atomic mass is 79.9. The van der Waals surface area contributed by atoms with Crippen LogP contribution in [0.3, 0.4) is 0 Å². The van der Waals surface area contributed by atoms with Gasteiger partial charge in [-0.15, -0.1) is 0 Å². The fraction of sp³-hybridized carbons (Fsp3) is 0.207. The molecule has 0 aliphatic rings. The molecule has 0 radical (unpaired) electrons. The van der Waals surface area contributed by atoms with Gasteiger partial charge in [-0.25, -0.2) is 18.7 Å². The van der Waals surface area contributed by atoms with Crippen molar-refractivity contribution in [3.63, 3.8) is 0 Å². The Morgan fingerprint density at radius 3 is 1.68 bits per heavy atom.